The summed E-state index contributed by atoms with van der Waals surface area (Å²) in [5.74, 6) is -1.09. The summed E-state index contributed by atoms with van der Waals surface area (Å²) in [4.78, 5) is 49.5. The maximum atomic E-state index is 15.1. The lowest BCUT2D eigenvalue weighted by atomic mass is 9.49. The number of para-hydroxylation sites is 2. The van der Waals surface area contributed by atoms with E-state index < -0.39 is 29.2 Å². The second-order valence-corrected chi connectivity index (χ2v) is 13.9. The molecule has 2 heterocycles. The minimum Gasteiger partial charge on any atom is -0.467 e. The summed E-state index contributed by atoms with van der Waals surface area (Å²) < 4.78 is 10.8. The van der Waals surface area contributed by atoms with E-state index in [1.165, 1.54) is 26.4 Å². The summed E-state index contributed by atoms with van der Waals surface area (Å²) in [6.45, 7) is 4.34. The Morgan fingerprint density at radius 1 is 0.864 bits per heavy atom. The number of carbonyl (C=O) groups excluding carboxylic acids is 3. The lowest BCUT2D eigenvalue weighted by Gasteiger charge is -2.58. The van der Waals surface area contributed by atoms with Crippen LogP contribution < -0.4 is 15.5 Å². The van der Waals surface area contributed by atoms with E-state index in [0.29, 0.717) is 67.5 Å². The van der Waals surface area contributed by atoms with Crippen LogP contribution in [0.5, 0.6) is 0 Å². The topological polar surface area (TPSA) is 105 Å². The summed E-state index contributed by atoms with van der Waals surface area (Å²) in [5.41, 5.74) is 6.84. The number of nitrogens with zero attached hydrogens (tertiary/aromatic N) is 3. The number of hydrogen-bond donors (Lipinski definition) is 1. The first-order valence-corrected chi connectivity index (χ1v) is 16.3. The number of morpholine rings is 1. The maximum absolute atomic E-state index is 15.1. The van der Waals surface area contributed by atoms with Crippen LogP contribution in [0.2, 0.25) is 0 Å². The van der Waals surface area contributed by atoms with Crippen molar-refractivity contribution in [1.82, 2.24) is 4.90 Å². The molecule has 5 fully saturated rings. The Hall–Kier alpha value is -3.27. The number of nitrogens with two attached hydrogens (primary N) is 1. The first kappa shape index (κ1) is 29.4. The van der Waals surface area contributed by atoms with Crippen LogP contribution in [0, 0.1) is 29.1 Å². The number of benzene rings is 2. The zero-order valence-corrected chi connectivity index (χ0v) is 25.7. The highest BCUT2D eigenvalue weighted by Gasteiger charge is 2.58. The van der Waals surface area contributed by atoms with E-state index in [4.69, 9.17) is 15.2 Å². The molecule has 4 saturated carbocycles. The van der Waals surface area contributed by atoms with E-state index >= 15 is 4.79 Å². The lowest BCUT2D eigenvalue weighted by molar-refractivity contribution is -0.156. The lowest BCUT2D eigenvalue weighted by Crippen LogP contribution is -2.62. The highest BCUT2D eigenvalue weighted by atomic mass is 16.5. The third-order valence-electron chi connectivity index (χ3n) is 11.1. The van der Waals surface area contributed by atoms with Crippen LogP contribution in [0.4, 0.5) is 11.4 Å². The van der Waals surface area contributed by atoms with E-state index in [-0.39, 0.29) is 5.41 Å². The standard InChI is InChI=1S/C35H44N4O5/c1-43-33(42)35(36,27-7-3-2-4-8-27)30-31(40)38(12-11-37-13-15-44-16-14-37)28-9-5-6-10-29(28)39(32(30)41)23-34-20-24-17-25(21-34)19-26(18-24)22-34/h2-10,24-26,30H,11-23,36H2,1H3. The van der Waals surface area contributed by atoms with Crippen LogP contribution in [0.1, 0.15) is 44.1 Å². The van der Waals surface area contributed by atoms with Crippen LogP contribution in [0.15, 0.2) is 54.6 Å². The molecule has 0 spiro atoms. The molecule has 0 radical (unpaired) electrons. The highest BCUT2D eigenvalue weighted by molar-refractivity contribution is 6.20. The van der Waals surface area contributed by atoms with Crippen molar-refractivity contribution < 1.29 is 23.9 Å². The fraction of sp³-hybridized carbons (Fsp3) is 0.571. The summed E-state index contributed by atoms with van der Waals surface area (Å²) in [6.07, 6.45) is 7.20. The van der Waals surface area contributed by atoms with Crippen molar-refractivity contribution in [1.29, 1.82) is 0 Å². The number of rotatable bonds is 8. The van der Waals surface area contributed by atoms with Crippen LogP contribution in [-0.4, -0.2) is 75.7 Å². The summed E-state index contributed by atoms with van der Waals surface area (Å²) in [6, 6.07) is 16.5. The zero-order valence-electron chi connectivity index (χ0n) is 25.7. The van der Waals surface area contributed by atoms with Gasteiger partial charge >= 0.3 is 5.97 Å². The second-order valence-electron chi connectivity index (χ2n) is 13.9. The Bertz CT molecular complexity index is 1370. The molecule has 8 rings (SSSR count). The smallest absolute Gasteiger partial charge is 0.331 e. The molecular weight excluding hydrogens is 556 g/mol. The number of ether oxygens (including phenoxy) is 2. The Morgan fingerprint density at radius 3 is 2.00 bits per heavy atom. The molecule has 0 aromatic heterocycles. The molecule has 2 aliphatic heterocycles. The molecule has 9 heteroatoms. The van der Waals surface area contributed by atoms with Gasteiger partial charge in [-0.3, -0.25) is 14.5 Å². The molecular formula is C35H44N4O5. The van der Waals surface area contributed by atoms with Crippen molar-refractivity contribution in [3.05, 3.63) is 60.2 Å². The Kier molecular flexibility index (Phi) is 7.75. The van der Waals surface area contributed by atoms with E-state index in [2.05, 4.69) is 4.90 Å². The predicted molar refractivity (Wildman–Crippen MR) is 167 cm³/mol. The van der Waals surface area contributed by atoms with E-state index in [9.17, 15) is 9.59 Å². The molecule has 2 aromatic rings. The highest BCUT2D eigenvalue weighted by Crippen LogP contribution is 2.60. The zero-order chi connectivity index (χ0) is 30.5. The normalized spacial score (nSPS) is 31.4. The van der Waals surface area contributed by atoms with Gasteiger partial charge in [0.05, 0.1) is 31.7 Å². The number of esters is 1. The van der Waals surface area contributed by atoms with Gasteiger partial charge in [0.15, 0.2) is 11.5 Å². The monoisotopic (exact) mass is 600 g/mol. The molecule has 234 valence electrons. The molecule has 6 aliphatic rings. The average molecular weight is 601 g/mol. The Morgan fingerprint density at radius 2 is 1.41 bits per heavy atom. The van der Waals surface area contributed by atoms with Crippen LogP contribution in [0.25, 0.3) is 0 Å². The average Bonchev–Trinajstić information content (AvgIpc) is 3.11. The number of hydrogen-bond acceptors (Lipinski definition) is 7. The SMILES string of the molecule is COC(=O)C(N)(c1ccccc1)C1C(=O)N(CCN2CCOCC2)c2ccccc2N(CC23CC4CC(CC(C4)C2)C3)C1=O. The van der Waals surface area contributed by atoms with Gasteiger partial charge in [0.1, 0.15) is 0 Å². The molecule has 2 N–H and O–H groups in total. The Labute approximate surface area is 259 Å². The fourth-order valence-electron chi connectivity index (χ4n) is 9.53. The minimum absolute atomic E-state index is 0.00333. The number of methoxy groups -OCH3 is 1. The van der Waals surface area contributed by atoms with Gasteiger partial charge < -0.3 is 25.0 Å². The minimum atomic E-state index is -2.01. The molecule has 44 heavy (non-hydrogen) atoms. The maximum Gasteiger partial charge on any atom is 0.331 e. The largest absolute Gasteiger partial charge is 0.467 e. The third kappa shape index (κ3) is 5.03. The van der Waals surface area contributed by atoms with Crippen molar-refractivity contribution in [3.8, 4) is 0 Å². The number of carbonyl (C=O) groups is 3. The van der Waals surface area contributed by atoms with Crippen molar-refractivity contribution in [2.24, 2.45) is 34.8 Å². The first-order valence-electron chi connectivity index (χ1n) is 16.3. The quantitative estimate of drug-likeness (QED) is 0.365. The van der Waals surface area contributed by atoms with Crippen LogP contribution in [0.3, 0.4) is 0 Å². The van der Waals surface area contributed by atoms with E-state index in [0.717, 1.165) is 32.4 Å². The third-order valence-corrected chi connectivity index (χ3v) is 11.1. The van der Waals surface area contributed by atoms with Crippen LogP contribution >= 0.6 is 0 Å². The van der Waals surface area contributed by atoms with Gasteiger partial charge in [-0.25, -0.2) is 4.79 Å². The summed E-state index contributed by atoms with van der Waals surface area (Å²) in [7, 11) is 1.26. The van der Waals surface area contributed by atoms with Crippen molar-refractivity contribution in [2.45, 2.75) is 44.1 Å². The second kappa shape index (κ2) is 11.6. The van der Waals surface area contributed by atoms with Gasteiger partial charge in [0, 0.05) is 32.7 Å². The molecule has 9 nitrogen and oxygen atoms in total. The summed E-state index contributed by atoms with van der Waals surface area (Å²) in [5, 5.41) is 0. The summed E-state index contributed by atoms with van der Waals surface area (Å²) >= 11 is 0. The van der Waals surface area contributed by atoms with Gasteiger partial charge in [0.2, 0.25) is 11.8 Å². The molecule has 2 unspecified atom stereocenters. The van der Waals surface area contributed by atoms with E-state index in [1.807, 2.05) is 35.2 Å². The molecule has 2 atom stereocenters. The van der Waals surface area contributed by atoms with Gasteiger partial charge in [-0.2, -0.15) is 0 Å². The number of amides is 2. The van der Waals surface area contributed by atoms with Gasteiger partial charge in [-0.05, 0) is 79.4 Å². The van der Waals surface area contributed by atoms with Gasteiger partial charge in [-0.1, -0.05) is 42.5 Å². The molecule has 4 bridgehead atoms. The van der Waals surface area contributed by atoms with Crippen molar-refractivity contribution >= 4 is 29.2 Å². The predicted octanol–water partition coefficient (Wildman–Crippen LogP) is 3.56. The Balaban J connectivity index is 1.34. The van der Waals surface area contributed by atoms with Crippen molar-refractivity contribution in [2.75, 3.05) is 62.8 Å². The van der Waals surface area contributed by atoms with Crippen molar-refractivity contribution in [3.63, 3.8) is 0 Å². The molecule has 4 aliphatic carbocycles. The number of anilines is 2. The fourth-order valence-corrected chi connectivity index (χ4v) is 9.53. The molecule has 2 amide bonds. The van der Waals surface area contributed by atoms with Crippen LogP contribution in [-0.2, 0) is 29.4 Å². The molecule has 2 aromatic carbocycles. The number of fused-ring (bicyclic) bond motifs is 1. The molecule has 1 saturated heterocycles. The van der Waals surface area contributed by atoms with E-state index in [1.54, 1.807) is 29.2 Å². The van der Waals surface area contributed by atoms with Gasteiger partial charge in [-0.15, -0.1) is 0 Å². The first-order chi connectivity index (χ1) is 21.3. The van der Waals surface area contributed by atoms with Gasteiger partial charge in [0.25, 0.3) is 0 Å².